The van der Waals surface area contributed by atoms with E-state index in [0.29, 0.717) is 12.1 Å². The van der Waals surface area contributed by atoms with Crippen molar-refractivity contribution in [2.24, 2.45) is 5.92 Å². The van der Waals surface area contributed by atoms with Gasteiger partial charge in [0.25, 0.3) is 0 Å². The van der Waals surface area contributed by atoms with Crippen molar-refractivity contribution in [1.82, 2.24) is 0 Å². The highest BCUT2D eigenvalue weighted by Crippen LogP contribution is 2.22. The Morgan fingerprint density at radius 2 is 1.72 bits per heavy atom. The molecule has 2 aromatic rings. The first-order valence-corrected chi connectivity index (χ1v) is 8.90. The third-order valence-electron chi connectivity index (χ3n) is 3.99. The molecule has 0 radical (unpaired) electrons. The highest BCUT2D eigenvalue weighted by molar-refractivity contribution is 9.10. The maximum Gasteiger partial charge on any atom is 0.304 e. The van der Waals surface area contributed by atoms with Gasteiger partial charge < -0.3 is 10.4 Å². The van der Waals surface area contributed by atoms with E-state index >= 15 is 0 Å². The fourth-order valence-corrected chi connectivity index (χ4v) is 3.23. The summed E-state index contributed by atoms with van der Waals surface area (Å²) < 4.78 is 0.898. The fourth-order valence-electron chi connectivity index (χ4n) is 2.85. The summed E-state index contributed by atoms with van der Waals surface area (Å²) in [4.78, 5) is 23.8. The van der Waals surface area contributed by atoms with E-state index in [0.717, 1.165) is 26.7 Å². The first kappa shape index (κ1) is 19.2. The summed E-state index contributed by atoms with van der Waals surface area (Å²) in [6.07, 6.45) is 0.194. The van der Waals surface area contributed by atoms with Crippen LogP contribution in [0.4, 0.5) is 5.69 Å². The molecule has 0 fully saturated rings. The third kappa shape index (κ3) is 5.71. The van der Waals surface area contributed by atoms with E-state index in [-0.39, 0.29) is 12.3 Å². The summed E-state index contributed by atoms with van der Waals surface area (Å²) in [7, 11) is 0. The van der Waals surface area contributed by atoms with Crippen LogP contribution in [-0.4, -0.2) is 17.0 Å². The second kappa shape index (κ2) is 8.30. The van der Waals surface area contributed by atoms with Crippen LogP contribution in [0.25, 0.3) is 0 Å². The lowest BCUT2D eigenvalue weighted by Crippen LogP contribution is -2.27. The monoisotopic (exact) mass is 403 g/mol. The largest absolute Gasteiger partial charge is 0.481 e. The molecular formula is C20H22BrNO3. The topological polar surface area (TPSA) is 66.4 Å². The predicted molar refractivity (Wildman–Crippen MR) is 103 cm³/mol. The third-order valence-corrected chi connectivity index (χ3v) is 4.85. The van der Waals surface area contributed by atoms with Gasteiger partial charge >= 0.3 is 5.97 Å². The normalized spacial score (nSPS) is 11.8. The Labute approximate surface area is 156 Å². The SMILES string of the molecule is Cc1cc(C)cc(C[C@H](CC(=O)O)C(=O)Nc2ccc(C)c(Br)c2)c1. The molecule has 4 nitrogen and oxygen atoms in total. The number of carboxylic acids is 1. The van der Waals surface area contributed by atoms with Crippen LogP contribution in [0.2, 0.25) is 0 Å². The molecule has 0 aromatic heterocycles. The van der Waals surface area contributed by atoms with Crippen molar-refractivity contribution in [3.8, 4) is 0 Å². The maximum absolute atomic E-state index is 12.6. The van der Waals surface area contributed by atoms with E-state index in [1.807, 2.05) is 51.1 Å². The maximum atomic E-state index is 12.6. The lowest BCUT2D eigenvalue weighted by atomic mass is 9.93. The molecule has 2 aromatic carbocycles. The lowest BCUT2D eigenvalue weighted by Gasteiger charge is -2.16. The molecule has 0 heterocycles. The number of benzene rings is 2. The quantitative estimate of drug-likeness (QED) is 0.737. The minimum atomic E-state index is -0.977. The summed E-state index contributed by atoms with van der Waals surface area (Å²) in [5.74, 6) is -1.88. The number of hydrogen-bond donors (Lipinski definition) is 2. The molecule has 0 aliphatic carbocycles. The molecule has 0 bridgehead atoms. The van der Waals surface area contributed by atoms with Crippen LogP contribution in [-0.2, 0) is 16.0 Å². The summed E-state index contributed by atoms with van der Waals surface area (Å²) >= 11 is 3.44. The van der Waals surface area contributed by atoms with Crippen molar-refractivity contribution in [3.05, 3.63) is 63.1 Å². The van der Waals surface area contributed by atoms with Crippen molar-refractivity contribution in [2.75, 3.05) is 5.32 Å². The van der Waals surface area contributed by atoms with Crippen molar-refractivity contribution in [1.29, 1.82) is 0 Å². The molecule has 2 N–H and O–H groups in total. The smallest absolute Gasteiger partial charge is 0.304 e. The van der Waals surface area contributed by atoms with E-state index in [9.17, 15) is 14.7 Å². The summed E-state index contributed by atoms with van der Waals surface area (Å²) in [5.41, 5.74) is 4.90. The molecule has 0 aliphatic rings. The Morgan fingerprint density at radius 1 is 1.08 bits per heavy atom. The van der Waals surface area contributed by atoms with Gasteiger partial charge in [0.05, 0.1) is 12.3 Å². The van der Waals surface area contributed by atoms with Gasteiger partial charge in [-0.25, -0.2) is 0 Å². The zero-order valence-electron chi connectivity index (χ0n) is 14.6. The van der Waals surface area contributed by atoms with Crippen LogP contribution < -0.4 is 5.32 Å². The summed E-state index contributed by atoms with van der Waals surface area (Å²) in [5, 5.41) is 12.0. The Morgan fingerprint density at radius 3 is 2.28 bits per heavy atom. The number of nitrogens with one attached hydrogen (secondary N) is 1. The van der Waals surface area contributed by atoms with Gasteiger partial charge in [-0.1, -0.05) is 51.3 Å². The number of hydrogen-bond acceptors (Lipinski definition) is 2. The first-order chi connectivity index (χ1) is 11.7. The van der Waals surface area contributed by atoms with Crippen LogP contribution in [0.1, 0.15) is 28.7 Å². The minimum Gasteiger partial charge on any atom is -0.481 e. The Kier molecular flexibility index (Phi) is 6.37. The van der Waals surface area contributed by atoms with Crippen LogP contribution in [0, 0.1) is 26.7 Å². The van der Waals surface area contributed by atoms with E-state index in [4.69, 9.17) is 0 Å². The number of carbonyl (C=O) groups is 2. The van der Waals surface area contributed by atoms with Crippen molar-refractivity contribution in [3.63, 3.8) is 0 Å². The zero-order valence-corrected chi connectivity index (χ0v) is 16.2. The Hall–Kier alpha value is -2.14. The fraction of sp³-hybridized carbons (Fsp3) is 0.300. The van der Waals surface area contributed by atoms with Gasteiger partial charge in [0, 0.05) is 10.2 Å². The molecular weight excluding hydrogens is 382 g/mol. The number of carboxylic acid groups (broad SMARTS) is 1. The molecule has 25 heavy (non-hydrogen) atoms. The van der Waals surface area contributed by atoms with Gasteiger partial charge in [0.15, 0.2) is 0 Å². The number of rotatable bonds is 6. The number of anilines is 1. The number of aryl methyl sites for hydroxylation is 3. The van der Waals surface area contributed by atoms with Crippen molar-refractivity contribution < 1.29 is 14.7 Å². The van der Waals surface area contributed by atoms with E-state index in [2.05, 4.69) is 27.3 Å². The average molecular weight is 404 g/mol. The Bertz CT molecular complexity index is 781. The first-order valence-electron chi connectivity index (χ1n) is 8.10. The number of carbonyl (C=O) groups excluding carboxylic acids is 1. The second-order valence-electron chi connectivity index (χ2n) is 6.45. The highest BCUT2D eigenvalue weighted by atomic mass is 79.9. The van der Waals surface area contributed by atoms with Gasteiger partial charge in [-0.05, 0) is 50.5 Å². The summed E-state index contributed by atoms with van der Waals surface area (Å²) in [6.45, 7) is 5.95. The van der Waals surface area contributed by atoms with Crippen molar-refractivity contribution in [2.45, 2.75) is 33.6 Å². The molecule has 0 saturated heterocycles. The number of halogens is 1. The molecule has 5 heteroatoms. The van der Waals surface area contributed by atoms with Crippen LogP contribution in [0.15, 0.2) is 40.9 Å². The van der Waals surface area contributed by atoms with Crippen LogP contribution in [0.5, 0.6) is 0 Å². The predicted octanol–water partition coefficient (Wildman–Crippen LogP) is 4.65. The summed E-state index contributed by atoms with van der Waals surface area (Å²) in [6, 6.07) is 11.6. The zero-order chi connectivity index (χ0) is 18.6. The van der Waals surface area contributed by atoms with E-state index < -0.39 is 11.9 Å². The van der Waals surface area contributed by atoms with E-state index in [1.54, 1.807) is 0 Å². The van der Waals surface area contributed by atoms with Crippen LogP contribution in [0.3, 0.4) is 0 Å². The standard InChI is InChI=1S/C20H22BrNO3/c1-12-6-13(2)8-15(7-12)9-16(10-19(23)24)20(25)22-17-5-4-14(3)18(21)11-17/h4-8,11,16H,9-10H2,1-3H3,(H,22,25)(H,23,24)/t16-/m1/s1. The number of aliphatic carboxylic acids is 1. The molecule has 0 spiro atoms. The second-order valence-corrected chi connectivity index (χ2v) is 7.30. The van der Waals surface area contributed by atoms with Crippen molar-refractivity contribution >= 4 is 33.5 Å². The molecule has 1 amide bonds. The molecule has 0 unspecified atom stereocenters. The van der Waals surface area contributed by atoms with Crippen LogP contribution >= 0.6 is 15.9 Å². The molecule has 2 rings (SSSR count). The van der Waals surface area contributed by atoms with Gasteiger partial charge in [0.2, 0.25) is 5.91 Å². The van der Waals surface area contributed by atoms with Gasteiger partial charge in [-0.2, -0.15) is 0 Å². The van der Waals surface area contributed by atoms with Gasteiger partial charge in [0.1, 0.15) is 0 Å². The highest BCUT2D eigenvalue weighted by Gasteiger charge is 2.22. The average Bonchev–Trinajstić information content (AvgIpc) is 2.49. The van der Waals surface area contributed by atoms with Gasteiger partial charge in [-0.3, -0.25) is 9.59 Å². The molecule has 132 valence electrons. The van der Waals surface area contributed by atoms with E-state index in [1.165, 1.54) is 0 Å². The lowest BCUT2D eigenvalue weighted by molar-refractivity contribution is -0.140. The minimum absolute atomic E-state index is 0.203. The molecule has 0 saturated carbocycles. The Balaban J connectivity index is 2.18. The van der Waals surface area contributed by atoms with Gasteiger partial charge in [-0.15, -0.1) is 0 Å². The number of amides is 1. The molecule has 1 atom stereocenters. The molecule has 0 aliphatic heterocycles.